The van der Waals surface area contributed by atoms with Crippen molar-refractivity contribution in [3.63, 3.8) is 0 Å². The van der Waals surface area contributed by atoms with Gasteiger partial charge in [0, 0.05) is 29.1 Å². The Bertz CT molecular complexity index is 1440. The molecule has 3 aromatic rings. The lowest BCUT2D eigenvalue weighted by Gasteiger charge is -2.15. The number of carbonyl (C=O) groups is 1. The Hall–Kier alpha value is -3.60. The lowest BCUT2D eigenvalue weighted by molar-refractivity contribution is -0.274. The molecule has 0 amide bonds. The molecule has 0 saturated carbocycles. The van der Waals surface area contributed by atoms with Crippen molar-refractivity contribution in [2.45, 2.75) is 23.1 Å². The van der Waals surface area contributed by atoms with Crippen LogP contribution in [0.3, 0.4) is 0 Å². The summed E-state index contributed by atoms with van der Waals surface area (Å²) in [7, 11) is 1.37. The number of nitrogens with zero attached hydrogens (tertiary/aromatic N) is 4. The standard InChI is InChI=1S/C24H16F3IN4O4/c1-34-19(33)10-13-4-5-32-18-3-2-14(9-17(18)20(28)21(13)32)22-30-23(36-31-22)15-6-12(11-29)7-16(8-15)35-24(25,26)27/h2-3,6-9,20H,4-5,10H2,1H3. The van der Waals surface area contributed by atoms with E-state index < -0.39 is 12.1 Å². The first-order valence-corrected chi connectivity index (χ1v) is 11.9. The van der Waals surface area contributed by atoms with Crippen molar-refractivity contribution in [2.24, 2.45) is 0 Å². The van der Waals surface area contributed by atoms with E-state index >= 15 is 0 Å². The maximum absolute atomic E-state index is 12.7. The molecule has 0 radical (unpaired) electrons. The third-order valence-electron chi connectivity index (χ3n) is 5.91. The van der Waals surface area contributed by atoms with Crippen molar-refractivity contribution in [1.29, 1.82) is 5.26 Å². The molecule has 0 saturated heterocycles. The zero-order valence-corrected chi connectivity index (χ0v) is 20.8. The topological polar surface area (TPSA) is 101 Å². The number of alkyl halides is 4. The summed E-state index contributed by atoms with van der Waals surface area (Å²) >= 11 is 2.33. The molecule has 1 atom stereocenters. The predicted octanol–water partition coefficient (Wildman–Crippen LogP) is 5.69. The second-order valence-electron chi connectivity index (χ2n) is 8.11. The predicted molar refractivity (Wildman–Crippen MR) is 129 cm³/mol. The molecule has 1 unspecified atom stereocenters. The second kappa shape index (κ2) is 9.12. The summed E-state index contributed by atoms with van der Waals surface area (Å²) in [6.07, 6.45) is -3.87. The second-order valence-corrected chi connectivity index (χ2v) is 9.35. The Morgan fingerprint density at radius 1 is 1.28 bits per heavy atom. The van der Waals surface area contributed by atoms with Crippen LogP contribution in [0.5, 0.6) is 5.75 Å². The number of ether oxygens (including phenoxy) is 2. The molecule has 0 bridgehead atoms. The van der Waals surface area contributed by atoms with Gasteiger partial charge in [0.2, 0.25) is 5.82 Å². The summed E-state index contributed by atoms with van der Waals surface area (Å²) in [5.41, 5.74) is 4.94. The largest absolute Gasteiger partial charge is 0.573 e. The van der Waals surface area contributed by atoms with E-state index in [0.717, 1.165) is 47.6 Å². The molecule has 1 aromatic heterocycles. The molecule has 0 spiro atoms. The van der Waals surface area contributed by atoms with Gasteiger partial charge in [-0.15, -0.1) is 13.2 Å². The highest BCUT2D eigenvalue weighted by Crippen LogP contribution is 2.52. The van der Waals surface area contributed by atoms with Crippen LogP contribution in [0.25, 0.3) is 22.8 Å². The van der Waals surface area contributed by atoms with E-state index in [1.54, 1.807) is 6.07 Å². The quantitative estimate of drug-likeness (QED) is 0.207. The summed E-state index contributed by atoms with van der Waals surface area (Å²) in [5, 5.41) is 13.2. The van der Waals surface area contributed by atoms with E-state index in [1.807, 2.05) is 18.2 Å². The average Bonchev–Trinajstić information content (AvgIpc) is 3.55. The molecular weight excluding hydrogens is 592 g/mol. The van der Waals surface area contributed by atoms with E-state index in [1.165, 1.54) is 13.2 Å². The first-order chi connectivity index (χ1) is 17.2. The lowest BCUT2D eigenvalue weighted by Crippen LogP contribution is -2.17. The molecule has 3 heterocycles. The van der Waals surface area contributed by atoms with Crippen molar-refractivity contribution in [3.8, 4) is 34.7 Å². The number of rotatable bonds is 5. The highest BCUT2D eigenvalue weighted by molar-refractivity contribution is 14.1. The fourth-order valence-corrected chi connectivity index (χ4v) is 5.68. The van der Waals surface area contributed by atoms with Crippen LogP contribution in [0.15, 0.2) is 52.2 Å². The van der Waals surface area contributed by atoms with Crippen molar-refractivity contribution in [3.05, 3.63) is 58.8 Å². The lowest BCUT2D eigenvalue weighted by atomic mass is 10.0. The van der Waals surface area contributed by atoms with E-state index in [4.69, 9.17) is 9.26 Å². The Labute approximate surface area is 216 Å². The number of allylic oxidation sites excluding steroid dienone is 1. The molecule has 184 valence electrons. The number of esters is 1. The van der Waals surface area contributed by atoms with Gasteiger partial charge in [-0.3, -0.25) is 4.79 Å². The molecule has 36 heavy (non-hydrogen) atoms. The smallest absolute Gasteiger partial charge is 0.469 e. The number of aromatic nitrogens is 2. The first kappa shape index (κ1) is 24.1. The summed E-state index contributed by atoms with van der Waals surface area (Å²) in [6.45, 7) is 0.775. The minimum absolute atomic E-state index is 0.0143. The molecule has 2 aromatic carbocycles. The minimum atomic E-state index is -4.91. The van der Waals surface area contributed by atoms with Gasteiger partial charge in [0.25, 0.3) is 5.89 Å². The van der Waals surface area contributed by atoms with Gasteiger partial charge < -0.3 is 18.9 Å². The average molecular weight is 608 g/mol. The summed E-state index contributed by atoms with van der Waals surface area (Å²) in [5.74, 6) is -0.640. The molecule has 8 nitrogen and oxygen atoms in total. The maximum Gasteiger partial charge on any atom is 0.573 e. The molecular formula is C24H16F3IN4O4. The van der Waals surface area contributed by atoms with Crippen LogP contribution in [-0.4, -0.2) is 36.1 Å². The summed E-state index contributed by atoms with van der Waals surface area (Å²) < 4.78 is 52.1. The van der Waals surface area contributed by atoms with Crippen molar-refractivity contribution >= 4 is 34.2 Å². The Morgan fingerprint density at radius 2 is 2.08 bits per heavy atom. The van der Waals surface area contributed by atoms with Gasteiger partial charge >= 0.3 is 12.3 Å². The fraction of sp³-hybridized carbons (Fsp3) is 0.250. The van der Waals surface area contributed by atoms with Crippen LogP contribution >= 0.6 is 22.6 Å². The number of hydrogen-bond donors (Lipinski definition) is 0. The van der Waals surface area contributed by atoms with Gasteiger partial charge in [-0.2, -0.15) is 10.2 Å². The van der Waals surface area contributed by atoms with Crippen LogP contribution < -0.4 is 9.64 Å². The molecule has 0 aliphatic carbocycles. The maximum atomic E-state index is 12.7. The van der Waals surface area contributed by atoms with Gasteiger partial charge in [0.05, 0.1) is 29.1 Å². The number of hydrogen-bond acceptors (Lipinski definition) is 8. The van der Waals surface area contributed by atoms with Crippen LogP contribution in [0, 0.1) is 11.3 Å². The number of halogens is 4. The van der Waals surface area contributed by atoms with Gasteiger partial charge in [0.15, 0.2) is 0 Å². The van der Waals surface area contributed by atoms with E-state index in [-0.39, 0.29) is 39.2 Å². The molecule has 0 fully saturated rings. The van der Waals surface area contributed by atoms with Gasteiger partial charge in [0.1, 0.15) is 5.75 Å². The van der Waals surface area contributed by atoms with Crippen molar-refractivity contribution < 1.29 is 32.0 Å². The van der Waals surface area contributed by atoms with Gasteiger partial charge in [-0.1, -0.05) is 27.7 Å². The minimum Gasteiger partial charge on any atom is -0.469 e. The number of nitriles is 1. The molecule has 5 rings (SSSR count). The SMILES string of the molecule is COC(=O)CC1=C2C(I)c3cc(-c4noc(-c5cc(C#N)cc(OC(F)(F)F)c5)n4)ccc3N2CC1. The number of benzene rings is 2. The third-order valence-corrected chi connectivity index (χ3v) is 7.17. The molecule has 12 heteroatoms. The van der Waals surface area contributed by atoms with Crippen LogP contribution in [0.2, 0.25) is 0 Å². The molecule has 2 aliphatic rings. The van der Waals surface area contributed by atoms with E-state index in [2.05, 4.69) is 42.4 Å². The Kier molecular flexibility index (Phi) is 6.11. The zero-order chi connectivity index (χ0) is 25.6. The highest BCUT2D eigenvalue weighted by atomic mass is 127. The van der Waals surface area contributed by atoms with Crippen molar-refractivity contribution in [2.75, 3.05) is 18.6 Å². The fourth-order valence-electron chi connectivity index (χ4n) is 4.41. The number of carbonyl (C=O) groups excluding carboxylic acids is 1. The Morgan fingerprint density at radius 3 is 2.81 bits per heavy atom. The highest BCUT2D eigenvalue weighted by Gasteiger charge is 2.38. The first-order valence-electron chi connectivity index (χ1n) is 10.7. The van der Waals surface area contributed by atoms with Gasteiger partial charge in [-0.25, -0.2) is 0 Å². The van der Waals surface area contributed by atoms with E-state index in [0.29, 0.717) is 5.56 Å². The van der Waals surface area contributed by atoms with Crippen molar-refractivity contribution in [1.82, 2.24) is 10.1 Å². The summed E-state index contributed by atoms with van der Waals surface area (Å²) in [4.78, 5) is 18.4. The van der Waals surface area contributed by atoms with Crippen LogP contribution in [-0.2, 0) is 9.53 Å². The summed E-state index contributed by atoms with van der Waals surface area (Å²) in [6, 6.07) is 10.9. The van der Waals surface area contributed by atoms with Crippen LogP contribution in [0.1, 0.15) is 27.9 Å². The zero-order valence-electron chi connectivity index (χ0n) is 18.6. The Balaban J connectivity index is 1.46. The third kappa shape index (κ3) is 4.50. The number of methoxy groups -OCH3 is 1. The normalized spacial score (nSPS) is 16.6. The molecule has 2 aliphatic heterocycles. The van der Waals surface area contributed by atoms with E-state index in [9.17, 15) is 23.2 Å². The number of fused-ring (bicyclic) bond motifs is 3. The van der Waals surface area contributed by atoms with Gasteiger partial charge in [-0.05, 0) is 54.0 Å². The number of anilines is 1. The molecule has 0 N–H and O–H groups in total. The monoisotopic (exact) mass is 608 g/mol. The van der Waals surface area contributed by atoms with Crippen LogP contribution in [0.4, 0.5) is 18.9 Å².